The van der Waals surface area contributed by atoms with Crippen LogP contribution in [0.3, 0.4) is 0 Å². The molecule has 0 amide bonds. The number of esters is 1. The Morgan fingerprint density at radius 3 is 2.48 bits per heavy atom. The second-order valence-electron chi connectivity index (χ2n) is 4.82. The monoisotopic (exact) mass is 314 g/mol. The zero-order chi connectivity index (χ0) is 16.7. The molecule has 0 saturated carbocycles. The van der Waals surface area contributed by atoms with Gasteiger partial charge in [0.1, 0.15) is 11.3 Å². The van der Waals surface area contributed by atoms with Crippen molar-refractivity contribution in [3.63, 3.8) is 0 Å². The zero-order valence-corrected chi connectivity index (χ0v) is 12.8. The molecule has 0 aliphatic carbocycles. The van der Waals surface area contributed by atoms with E-state index in [1.165, 1.54) is 18.2 Å². The minimum atomic E-state index is -1.10. The molecule has 0 aliphatic rings. The van der Waals surface area contributed by atoms with E-state index in [1.807, 2.05) is 30.3 Å². The lowest BCUT2D eigenvalue weighted by Crippen LogP contribution is -2.10. The zero-order valence-electron chi connectivity index (χ0n) is 12.8. The largest absolute Gasteiger partial charge is 0.493 e. The Bertz CT molecular complexity index is 679. The minimum absolute atomic E-state index is 0.0210. The third kappa shape index (κ3) is 4.57. The quantitative estimate of drug-likeness (QED) is 0.795. The summed E-state index contributed by atoms with van der Waals surface area (Å²) in [5.41, 5.74) is 1.37. The summed E-state index contributed by atoms with van der Waals surface area (Å²) >= 11 is 0. The lowest BCUT2D eigenvalue weighted by atomic mass is 10.1. The van der Waals surface area contributed by atoms with Gasteiger partial charge in [-0.3, -0.25) is 0 Å². The van der Waals surface area contributed by atoms with E-state index in [0.29, 0.717) is 13.0 Å². The number of carbonyl (C=O) groups is 2. The highest BCUT2D eigenvalue weighted by atomic mass is 16.5. The first-order chi connectivity index (χ1) is 11.1. The number of rotatable bonds is 7. The molecule has 5 heteroatoms. The highest BCUT2D eigenvalue weighted by Gasteiger charge is 2.15. The summed E-state index contributed by atoms with van der Waals surface area (Å²) in [7, 11) is 0. The van der Waals surface area contributed by atoms with Crippen LogP contribution < -0.4 is 4.74 Å². The molecule has 2 aromatic carbocycles. The Morgan fingerprint density at radius 1 is 1.09 bits per heavy atom. The fraction of sp³-hybridized carbons (Fsp3) is 0.222. The molecular formula is C18H18O5. The van der Waals surface area contributed by atoms with Gasteiger partial charge in [-0.15, -0.1) is 0 Å². The molecule has 0 radical (unpaired) electrons. The van der Waals surface area contributed by atoms with Gasteiger partial charge >= 0.3 is 11.9 Å². The molecule has 1 N–H and O–H groups in total. The number of ether oxygens (including phenoxy) is 2. The van der Waals surface area contributed by atoms with Gasteiger partial charge in [0.15, 0.2) is 0 Å². The SMILES string of the molecule is CCOc1cc(C(=O)OCCc2ccccc2)ccc1C(=O)O. The predicted molar refractivity (Wildman–Crippen MR) is 85.0 cm³/mol. The maximum atomic E-state index is 12.0. The number of hydrogen-bond donors (Lipinski definition) is 1. The number of hydrogen-bond acceptors (Lipinski definition) is 4. The molecule has 5 nitrogen and oxygen atoms in total. The Hall–Kier alpha value is -2.82. The van der Waals surface area contributed by atoms with E-state index in [9.17, 15) is 9.59 Å². The second-order valence-corrected chi connectivity index (χ2v) is 4.82. The maximum absolute atomic E-state index is 12.0. The first-order valence-electron chi connectivity index (χ1n) is 7.33. The van der Waals surface area contributed by atoms with Crippen molar-refractivity contribution in [2.75, 3.05) is 13.2 Å². The number of carbonyl (C=O) groups excluding carboxylic acids is 1. The van der Waals surface area contributed by atoms with Crippen molar-refractivity contribution in [1.82, 2.24) is 0 Å². The molecule has 0 bridgehead atoms. The van der Waals surface area contributed by atoms with E-state index in [-0.39, 0.29) is 23.5 Å². The summed E-state index contributed by atoms with van der Waals surface area (Å²) in [6.45, 7) is 2.32. The van der Waals surface area contributed by atoms with Gasteiger partial charge in [0, 0.05) is 6.42 Å². The van der Waals surface area contributed by atoms with Crippen LogP contribution in [0.4, 0.5) is 0 Å². The average molecular weight is 314 g/mol. The summed E-state index contributed by atoms with van der Waals surface area (Å²) < 4.78 is 10.5. The highest BCUT2D eigenvalue weighted by molar-refractivity contribution is 5.95. The normalized spacial score (nSPS) is 10.1. The Morgan fingerprint density at radius 2 is 1.83 bits per heavy atom. The van der Waals surface area contributed by atoms with E-state index in [0.717, 1.165) is 5.56 Å². The van der Waals surface area contributed by atoms with Crippen LogP contribution in [0.1, 0.15) is 33.2 Å². The number of benzene rings is 2. The van der Waals surface area contributed by atoms with Gasteiger partial charge in [0.25, 0.3) is 0 Å². The average Bonchev–Trinajstić information content (AvgIpc) is 2.55. The van der Waals surface area contributed by atoms with Crippen LogP contribution in [0.2, 0.25) is 0 Å². The van der Waals surface area contributed by atoms with E-state index in [2.05, 4.69) is 0 Å². The number of carboxylic acids is 1. The first kappa shape index (κ1) is 16.5. The van der Waals surface area contributed by atoms with Crippen molar-refractivity contribution in [2.24, 2.45) is 0 Å². The topological polar surface area (TPSA) is 72.8 Å². The molecule has 0 unspecified atom stereocenters. The molecule has 2 rings (SSSR count). The van der Waals surface area contributed by atoms with Gasteiger partial charge in [-0.05, 0) is 30.7 Å². The van der Waals surface area contributed by atoms with Gasteiger partial charge in [-0.1, -0.05) is 30.3 Å². The molecule has 2 aromatic rings. The van der Waals surface area contributed by atoms with Gasteiger partial charge in [0.2, 0.25) is 0 Å². The van der Waals surface area contributed by atoms with Gasteiger partial charge in [-0.2, -0.15) is 0 Å². The molecular weight excluding hydrogens is 296 g/mol. The fourth-order valence-electron chi connectivity index (χ4n) is 2.09. The molecule has 0 aromatic heterocycles. The van der Waals surface area contributed by atoms with Crippen molar-refractivity contribution in [3.8, 4) is 5.75 Å². The Balaban J connectivity index is 2.01. The maximum Gasteiger partial charge on any atom is 0.339 e. The van der Waals surface area contributed by atoms with Crippen molar-refractivity contribution in [2.45, 2.75) is 13.3 Å². The highest BCUT2D eigenvalue weighted by Crippen LogP contribution is 2.21. The fourth-order valence-corrected chi connectivity index (χ4v) is 2.09. The summed E-state index contributed by atoms with van der Waals surface area (Å²) in [6.07, 6.45) is 0.623. The summed E-state index contributed by atoms with van der Waals surface area (Å²) in [5, 5.41) is 9.09. The van der Waals surface area contributed by atoms with Crippen LogP contribution in [0.5, 0.6) is 5.75 Å². The van der Waals surface area contributed by atoms with Crippen LogP contribution in [0.15, 0.2) is 48.5 Å². The Labute approximate surface area is 134 Å². The van der Waals surface area contributed by atoms with Gasteiger partial charge in [-0.25, -0.2) is 9.59 Å². The van der Waals surface area contributed by atoms with E-state index >= 15 is 0 Å². The van der Waals surface area contributed by atoms with Crippen LogP contribution >= 0.6 is 0 Å². The molecule has 0 aliphatic heterocycles. The summed E-state index contributed by atoms with van der Waals surface area (Å²) in [6, 6.07) is 13.9. The molecule has 0 heterocycles. The number of aromatic carboxylic acids is 1. The molecule has 0 spiro atoms. The molecule has 0 saturated heterocycles. The molecule has 0 atom stereocenters. The second kappa shape index (κ2) is 7.98. The van der Waals surface area contributed by atoms with Crippen molar-refractivity contribution in [3.05, 3.63) is 65.2 Å². The van der Waals surface area contributed by atoms with Gasteiger partial charge < -0.3 is 14.6 Å². The van der Waals surface area contributed by atoms with Crippen LogP contribution in [-0.4, -0.2) is 30.3 Å². The minimum Gasteiger partial charge on any atom is -0.493 e. The van der Waals surface area contributed by atoms with Crippen LogP contribution in [0.25, 0.3) is 0 Å². The van der Waals surface area contributed by atoms with Crippen LogP contribution in [0, 0.1) is 0 Å². The standard InChI is InChI=1S/C18H18O5/c1-2-22-16-12-14(8-9-15(16)17(19)20)18(21)23-11-10-13-6-4-3-5-7-13/h3-9,12H,2,10-11H2,1H3,(H,19,20). The predicted octanol–water partition coefficient (Wildman–Crippen LogP) is 3.18. The Kier molecular flexibility index (Phi) is 5.74. The van der Waals surface area contributed by atoms with E-state index in [1.54, 1.807) is 6.92 Å². The number of carboxylic acid groups (broad SMARTS) is 1. The summed E-state index contributed by atoms with van der Waals surface area (Å²) in [4.78, 5) is 23.2. The van der Waals surface area contributed by atoms with Crippen molar-refractivity contribution < 1.29 is 24.2 Å². The van der Waals surface area contributed by atoms with Gasteiger partial charge in [0.05, 0.1) is 18.8 Å². The third-order valence-corrected chi connectivity index (χ3v) is 3.21. The molecule has 23 heavy (non-hydrogen) atoms. The lowest BCUT2D eigenvalue weighted by Gasteiger charge is -2.10. The smallest absolute Gasteiger partial charge is 0.339 e. The van der Waals surface area contributed by atoms with Crippen molar-refractivity contribution in [1.29, 1.82) is 0 Å². The molecule has 0 fully saturated rings. The van der Waals surface area contributed by atoms with Crippen LogP contribution in [-0.2, 0) is 11.2 Å². The van der Waals surface area contributed by atoms with E-state index < -0.39 is 11.9 Å². The lowest BCUT2D eigenvalue weighted by molar-refractivity contribution is 0.0507. The molecule has 120 valence electrons. The summed E-state index contributed by atoms with van der Waals surface area (Å²) in [5.74, 6) is -1.44. The van der Waals surface area contributed by atoms with Crippen molar-refractivity contribution >= 4 is 11.9 Å². The first-order valence-corrected chi connectivity index (χ1v) is 7.33. The third-order valence-electron chi connectivity index (χ3n) is 3.21. The van der Waals surface area contributed by atoms with E-state index in [4.69, 9.17) is 14.6 Å².